The van der Waals surface area contributed by atoms with Gasteiger partial charge in [0.1, 0.15) is 5.82 Å². The van der Waals surface area contributed by atoms with Crippen LogP contribution in [0.3, 0.4) is 0 Å². The average molecular weight is 384 g/mol. The smallest absolute Gasteiger partial charge is 0.230 e. The van der Waals surface area contributed by atoms with Gasteiger partial charge in [0.2, 0.25) is 5.91 Å². The van der Waals surface area contributed by atoms with Crippen molar-refractivity contribution in [3.05, 3.63) is 66.1 Å². The number of nitrogens with one attached hydrogen (secondary N) is 2. The Bertz CT molecular complexity index is 891. The van der Waals surface area contributed by atoms with Gasteiger partial charge in [-0.1, -0.05) is 23.9 Å². The monoisotopic (exact) mass is 384 g/mol. The number of amides is 1. The van der Waals surface area contributed by atoms with Gasteiger partial charge in [-0.05, 0) is 47.5 Å². The SMILES string of the molecule is CN(C)c1ccc(CNC(=O)CSc2ncc(-c3ccc(F)cc3)[nH]2)cc1. The minimum absolute atomic E-state index is 0.0589. The number of carbonyl (C=O) groups is 1. The fraction of sp³-hybridized carbons (Fsp3) is 0.200. The normalized spacial score (nSPS) is 10.6. The number of aromatic amines is 1. The van der Waals surface area contributed by atoms with Crippen LogP contribution in [-0.4, -0.2) is 35.7 Å². The molecule has 1 amide bonds. The Labute approximate surface area is 162 Å². The number of benzene rings is 2. The summed E-state index contributed by atoms with van der Waals surface area (Å²) in [7, 11) is 3.98. The molecule has 0 saturated carbocycles. The van der Waals surface area contributed by atoms with Gasteiger partial charge >= 0.3 is 0 Å². The highest BCUT2D eigenvalue weighted by Gasteiger charge is 2.08. The predicted octanol–water partition coefficient (Wildman–Crippen LogP) is 3.69. The summed E-state index contributed by atoms with van der Waals surface area (Å²) in [5.74, 6) is -0.0658. The Hall–Kier alpha value is -2.80. The maximum Gasteiger partial charge on any atom is 0.230 e. The van der Waals surface area contributed by atoms with E-state index in [0.717, 1.165) is 22.5 Å². The van der Waals surface area contributed by atoms with Crippen LogP contribution in [0.5, 0.6) is 0 Å². The van der Waals surface area contributed by atoms with Crippen molar-refractivity contribution in [2.75, 3.05) is 24.7 Å². The lowest BCUT2D eigenvalue weighted by atomic mass is 10.2. The van der Waals surface area contributed by atoms with Gasteiger partial charge in [0, 0.05) is 26.3 Å². The summed E-state index contributed by atoms with van der Waals surface area (Å²) < 4.78 is 13.0. The van der Waals surface area contributed by atoms with Crippen LogP contribution in [0.1, 0.15) is 5.56 Å². The summed E-state index contributed by atoms with van der Waals surface area (Å²) in [6.45, 7) is 0.492. The van der Waals surface area contributed by atoms with Gasteiger partial charge < -0.3 is 15.2 Å². The molecular formula is C20H21FN4OS. The van der Waals surface area contributed by atoms with Crippen molar-refractivity contribution in [3.63, 3.8) is 0 Å². The summed E-state index contributed by atoms with van der Waals surface area (Å²) in [6.07, 6.45) is 1.68. The number of hydrogen-bond donors (Lipinski definition) is 2. The highest BCUT2D eigenvalue weighted by atomic mass is 32.2. The van der Waals surface area contributed by atoms with Gasteiger partial charge in [0.05, 0.1) is 17.6 Å². The van der Waals surface area contributed by atoms with E-state index in [1.54, 1.807) is 18.3 Å². The Kier molecular flexibility index (Phi) is 6.13. The molecule has 0 saturated heterocycles. The summed E-state index contributed by atoms with van der Waals surface area (Å²) in [4.78, 5) is 21.5. The van der Waals surface area contributed by atoms with Crippen molar-refractivity contribution >= 4 is 23.4 Å². The molecule has 2 aromatic carbocycles. The van der Waals surface area contributed by atoms with Crippen molar-refractivity contribution in [1.82, 2.24) is 15.3 Å². The van der Waals surface area contributed by atoms with E-state index in [0.29, 0.717) is 11.7 Å². The van der Waals surface area contributed by atoms with Crippen LogP contribution < -0.4 is 10.2 Å². The van der Waals surface area contributed by atoms with Gasteiger partial charge in [-0.25, -0.2) is 9.37 Å². The molecule has 0 unspecified atom stereocenters. The third-order valence-electron chi connectivity index (χ3n) is 3.99. The second-order valence-corrected chi connectivity index (χ2v) is 7.20. The fourth-order valence-corrected chi connectivity index (χ4v) is 3.13. The van der Waals surface area contributed by atoms with Crippen LogP contribution in [0.15, 0.2) is 59.9 Å². The topological polar surface area (TPSA) is 61.0 Å². The number of thioether (sulfide) groups is 1. The number of hydrogen-bond acceptors (Lipinski definition) is 4. The number of H-pyrrole nitrogens is 1. The van der Waals surface area contributed by atoms with E-state index in [1.807, 2.05) is 43.3 Å². The molecule has 5 nitrogen and oxygen atoms in total. The zero-order valence-electron chi connectivity index (χ0n) is 15.2. The van der Waals surface area contributed by atoms with Crippen molar-refractivity contribution < 1.29 is 9.18 Å². The van der Waals surface area contributed by atoms with Crippen LogP contribution in [0.2, 0.25) is 0 Å². The highest BCUT2D eigenvalue weighted by Crippen LogP contribution is 2.21. The molecule has 3 aromatic rings. The lowest BCUT2D eigenvalue weighted by Gasteiger charge is -2.12. The van der Waals surface area contributed by atoms with Crippen molar-refractivity contribution in [1.29, 1.82) is 0 Å². The molecule has 1 heterocycles. The van der Waals surface area contributed by atoms with Crippen LogP contribution in [0, 0.1) is 5.82 Å². The summed E-state index contributed by atoms with van der Waals surface area (Å²) >= 11 is 1.33. The molecule has 0 fully saturated rings. The van der Waals surface area contributed by atoms with Gasteiger partial charge in [-0.15, -0.1) is 0 Å². The number of halogens is 1. The average Bonchev–Trinajstić information content (AvgIpc) is 3.14. The molecule has 0 aliphatic carbocycles. The van der Waals surface area contributed by atoms with Crippen molar-refractivity contribution in [2.24, 2.45) is 0 Å². The van der Waals surface area contributed by atoms with E-state index in [2.05, 4.69) is 15.3 Å². The first-order chi connectivity index (χ1) is 13.0. The van der Waals surface area contributed by atoms with E-state index in [4.69, 9.17) is 0 Å². The maximum atomic E-state index is 13.0. The first-order valence-electron chi connectivity index (χ1n) is 8.48. The van der Waals surface area contributed by atoms with Crippen LogP contribution >= 0.6 is 11.8 Å². The number of imidazole rings is 1. The third kappa shape index (κ3) is 5.34. The first kappa shape index (κ1) is 19.0. The molecule has 0 aliphatic heterocycles. The van der Waals surface area contributed by atoms with E-state index < -0.39 is 0 Å². The molecule has 0 aliphatic rings. The maximum absolute atomic E-state index is 13.0. The predicted molar refractivity (Wildman–Crippen MR) is 107 cm³/mol. The lowest BCUT2D eigenvalue weighted by Crippen LogP contribution is -2.24. The minimum atomic E-state index is -0.277. The molecule has 3 rings (SSSR count). The Balaban J connectivity index is 1.47. The van der Waals surface area contributed by atoms with Crippen LogP contribution in [-0.2, 0) is 11.3 Å². The molecule has 0 bridgehead atoms. The number of aromatic nitrogens is 2. The molecule has 2 N–H and O–H groups in total. The number of rotatable bonds is 7. The minimum Gasteiger partial charge on any atom is -0.378 e. The summed E-state index contributed by atoms with van der Waals surface area (Å²) in [6, 6.07) is 14.2. The summed E-state index contributed by atoms with van der Waals surface area (Å²) in [5, 5.41) is 3.56. The van der Waals surface area contributed by atoms with Gasteiger partial charge in [-0.3, -0.25) is 4.79 Å². The lowest BCUT2D eigenvalue weighted by molar-refractivity contribution is -0.118. The largest absolute Gasteiger partial charge is 0.378 e. The summed E-state index contributed by atoms with van der Waals surface area (Å²) in [5.41, 5.74) is 3.81. The molecule has 0 spiro atoms. The standard InChI is InChI=1S/C20H21FN4OS/c1-25(2)17-9-3-14(4-10-17)11-22-19(26)13-27-20-23-12-18(24-20)15-5-7-16(21)8-6-15/h3-10,12H,11,13H2,1-2H3,(H,22,26)(H,23,24). The first-order valence-corrected chi connectivity index (χ1v) is 9.46. The molecule has 7 heteroatoms. The van der Waals surface area contributed by atoms with E-state index in [-0.39, 0.29) is 17.5 Å². The third-order valence-corrected chi connectivity index (χ3v) is 4.88. The highest BCUT2D eigenvalue weighted by molar-refractivity contribution is 7.99. The van der Waals surface area contributed by atoms with Crippen molar-refractivity contribution in [2.45, 2.75) is 11.7 Å². The Morgan fingerprint density at radius 3 is 2.52 bits per heavy atom. The molecule has 140 valence electrons. The van der Waals surface area contributed by atoms with E-state index in [1.165, 1.54) is 23.9 Å². The second kappa shape index (κ2) is 8.73. The Morgan fingerprint density at radius 1 is 1.15 bits per heavy atom. The zero-order valence-corrected chi connectivity index (χ0v) is 16.0. The number of nitrogens with zero attached hydrogens (tertiary/aromatic N) is 2. The van der Waals surface area contributed by atoms with Gasteiger partial charge in [-0.2, -0.15) is 0 Å². The molecule has 27 heavy (non-hydrogen) atoms. The zero-order chi connectivity index (χ0) is 19.2. The van der Waals surface area contributed by atoms with Gasteiger partial charge in [0.15, 0.2) is 5.16 Å². The Morgan fingerprint density at radius 2 is 1.85 bits per heavy atom. The molecule has 0 atom stereocenters. The number of carbonyl (C=O) groups excluding carboxylic acids is 1. The van der Waals surface area contributed by atoms with Gasteiger partial charge in [0.25, 0.3) is 0 Å². The fourth-order valence-electron chi connectivity index (χ4n) is 2.45. The second-order valence-electron chi connectivity index (χ2n) is 6.24. The van der Waals surface area contributed by atoms with Crippen LogP contribution in [0.25, 0.3) is 11.3 Å². The molecule has 0 radical (unpaired) electrons. The van der Waals surface area contributed by atoms with Crippen molar-refractivity contribution in [3.8, 4) is 11.3 Å². The van der Waals surface area contributed by atoms with E-state index in [9.17, 15) is 9.18 Å². The van der Waals surface area contributed by atoms with E-state index >= 15 is 0 Å². The van der Waals surface area contributed by atoms with Crippen LogP contribution in [0.4, 0.5) is 10.1 Å². The molecular weight excluding hydrogens is 363 g/mol. The number of anilines is 1. The quantitative estimate of drug-likeness (QED) is 0.610. The molecule has 1 aromatic heterocycles.